The SMILES string of the molecule is COc1cc2ncnc(-c3cn(C)nc3-c3ccccc3)c2cc1OC(=O)N1C[C@@H](C)OC[C@@H]1C. The smallest absolute Gasteiger partial charge is 0.415 e. The van der Waals surface area contributed by atoms with E-state index in [0.717, 1.165) is 22.2 Å². The maximum Gasteiger partial charge on any atom is 0.415 e. The molecule has 35 heavy (non-hydrogen) atoms. The van der Waals surface area contributed by atoms with Gasteiger partial charge in [-0.1, -0.05) is 30.3 Å². The van der Waals surface area contributed by atoms with Crippen LogP contribution in [0.25, 0.3) is 33.4 Å². The molecular weight excluding hydrogens is 446 g/mol. The van der Waals surface area contributed by atoms with Crippen molar-refractivity contribution in [3.63, 3.8) is 0 Å². The van der Waals surface area contributed by atoms with Gasteiger partial charge in [-0.3, -0.25) is 4.68 Å². The molecule has 9 nitrogen and oxygen atoms in total. The maximum atomic E-state index is 13.1. The van der Waals surface area contributed by atoms with Crippen LogP contribution in [0.2, 0.25) is 0 Å². The van der Waals surface area contributed by atoms with Crippen LogP contribution in [0.3, 0.4) is 0 Å². The lowest BCUT2D eigenvalue weighted by Crippen LogP contribution is -2.51. The second-order valence-corrected chi connectivity index (χ2v) is 8.69. The number of aryl methyl sites for hydroxylation is 1. The summed E-state index contributed by atoms with van der Waals surface area (Å²) < 4.78 is 18.8. The third-order valence-corrected chi connectivity index (χ3v) is 6.09. The van der Waals surface area contributed by atoms with E-state index in [0.29, 0.717) is 35.9 Å². The van der Waals surface area contributed by atoms with Gasteiger partial charge in [0.15, 0.2) is 11.5 Å². The molecule has 0 spiro atoms. The molecule has 2 aromatic heterocycles. The molecular formula is C26H27N5O4. The van der Waals surface area contributed by atoms with Crippen LogP contribution in [0.4, 0.5) is 4.79 Å². The number of ether oxygens (including phenoxy) is 3. The number of benzene rings is 2. The van der Waals surface area contributed by atoms with E-state index in [-0.39, 0.29) is 12.1 Å². The Labute approximate surface area is 203 Å². The Morgan fingerprint density at radius 1 is 1.09 bits per heavy atom. The van der Waals surface area contributed by atoms with Crippen LogP contribution in [0, 0.1) is 0 Å². The van der Waals surface area contributed by atoms with Gasteiger partial charge < -0.3 is 19.1 Å². The average molecular weight is 474 g/mol. The second-order valence-electron chi connectivity index (χ2n) is 8.69. The van der Waals surface area contributed by atoms with Gasteiger partial charge in [0.25, 0.3) is 0 Å². The molecule has 1 fully saturated rings. The van der Waals surface area contributed by atoms with Crippen LogP contribution >= 0.6 is 0 Å². The standard InChI is InChI=1S/C26H27N5O4/c1-16-14-34-17(2)12-31(16)26(32)35-23-10-19-21(11-22(23)33-4)27-15-28-25(19)20-13-30(3)29-24(20)18-8-6-5-7-9-18/h5-11,13,15-17H,12,14H2,1-4H3/t16-,17+/m0/s1. The van der Waals surface area contributed by atoms with E-state index in [4.69, 9.17) is 14.2 Å². The zero-order valence-electron chi connectivity index (χ0n) is 20.1. The van der Waals surface area contributed by atoms with Crippen molar-refractivity contribution in [3.8, 4) is 34.0 Å². The van der Waals surface area contributed by atoms with Gasteiger partial charge in [-0.05, 0) is 19.9 Å². The molecule has 0 bridgehead atoms. The number of aromatic nitrogens is 4. The Hall–Kier alpha value is -3.98. The molecule has 180 valence electrons. The fourth-order valence-electron chi connectivity index (χ4n) is 4.30. The normalized spacial score (nSPS) is 18.0. The number of morpholine rings is 1. The highest BCUT2D eigenvalue weighted by atomic mass is 16.6. The number of methoxy groups -OCH3 is 1. The fraction of sp³-hybridized carbons (Fsp3) is 0.308. The molecule has 0 radical (unpaired) electrons. The summed E-state index contributed by atoms with van der Waals surface area (Å²) in [7, 11) is 3.41. The highest BCUT2D eigenvalue weighted by molar-refractivity contribution is 5.97. The number of carbonyl (C=O) groups excluding carboxylic acids is 1. The van der Waals surface area contributed by atoms with Crippen molar-refractivity contribution in [2.24, 2.45) is 7.05 Å². The third-order valence-electron chi connectivity index (χ3n) is 6.09. The number of hydrogen-bond acceptors (Lipinski definition) is 7. The minimum atomic E-state index is -0.449. The van der Waals surface area contributed by atoms with Crippen molar-refractivity contribution in [2.45, 2.75) is 26.0 Å². The van der Waals surface area contributed by atoms with Crippen LogP contribution < -0.4 is 9.47 Å². The lowest BCUT2D eigenvalue weighted by atomic mass is 10.0. The molecule has 4 aromatic rings. The predicted octanol–water partition coefficient (Wildman–Crippen LogP) is 4.31. The Morgan fingerprint density at radius 3 is 2.66 bits per heavy atom. The van der Waals surface area contributed by atoms with Crippen molar-refractivity contribution in [1.29, 1.82) is 0 Å². The van der Waals surface area contributed by atoms with Crippen molar-refractivity contribution in [1.82, 2.24) is 24.6 Å². The molecule has 0 N–H and O–H groups in total. The summed E-state index contributed by atoms with van der Waals surface area (Å²) in [6, 6.07) is 13.4. The highest BCUT2D eigenvalue weighted by Crippen LogP contribution is 2.38. The van der Waals surface area contributed by atoms with E-state index in [9.17, 15) is 4.79 Å². The Bertz CT molecular complexity index is 1370. The van der Waals surface area contributed by atoms with Gasteiger partial charge in [0.2, 0.25) is 0 Å². The van der Waals surface area contributed by atoms with Gasteiger partial charge in [0.1, 0.15) is 12.0 Å². The molecule has 2 atom stereocenters. The number of nitrogens with zero attached hydrogens (tertiary/aromatic N) is 5. The molecule has 5 rings (SSSR count). The predicted molar refractivity (Wildman–Crippen MR) is 131 cm³/mol. The molecule has 1 amide bonds. The van der Waals surface area contributed by atoms with Crippen LogP contribution in [0.15, 0.2) is 55.0 Å². The van der Waals surface area contributed by atoms with Gasteiger partial charge in [-0.2, -0.15) is 5.10 Å². The summed E-state index contributed by atoms with van der Waals surface area (Å²) in [4.78, 5) is 23.8. The molecule has 0 saturated carbocycles. The average Bonchev–Trinajstić information content (AvgIpc) is 3.26. The first-order valence-corrected chi connectivity index (χ1v) is 11.5. The second kappa shape index (κ2) is 9.34. The van der Waals surface area contributed by atoms with Crippen LogP contribution in [0.5, 0.6) is 11.5 Å². The van der Waals surface area contributed by atoms with Crippen LogP contribution in [0.1, 0.15) is 13.8 Å². The molecule has 1 saturated heterocycles. The molecule has 1 aliphatic rings. The van der Waals surface area contributed by atoms with Gasteiger partial charge in [-0.25, -0.2) is 14.8 Å². The number of rotatable bonds is 4. The number of amides is 1. The molecule has 9 heteroatoms. The Balaban J connectivity index is 1.59. The molecule has 1 aliphatic heterocycles. The lowest BCUT2D eigenvalue weighted by Gasteiger charge is -2.35. The monoisotopic (exact) mass is 473 g/mol. The summed E-state index contributed by atoms with van der Waals surface area (Å²) in [6.07, 6.45) is 2.94. The van der Waals surface area contributed by atoms with Crippen LogP contribution in [-0.4, -0.2) is 63.1 Å². The Kier molecular flexibility index (Phi) is 6.08. The van der Waals surface area contributed by atoms with Crippen molar-refractivity contribution in [3.05, 3.63) is 55.0 Å². The third kappa shape index (κ3) is 4.42. The summed E-state index contributed by atoms with van der Waals surface area (Å²) in [5, 5.41) is 5.40. The first-order chi connectivity index (χ1) is 16.9. The van der Waals surface area contributed by atoms with Gasteiger partial charge >= 0.3 is 6.09 Å². The van der Waals surface area contributed by atoms with E-state index >= 15 is 0 Å². The van der Waals surface area contributed by atoms with Gasteiger partial charge in [0.05, 0.1) is 43.6 Å². The summed E-state index contributed by atoms with van der Waals surface area (Å²) in [5.74, 6) is 0.719. The van der Waals surface area contributed by atoms with E-state index in [1.165, 1.54) is 13.4 Å². The van der Waals surface area contributed by atoms with E-state index in [1.807, 2.05) is 57.4 Å². The molecule has 3 heterocycles. The molecule has 0 unspecified atom stereocenters. The minimum absolute atomic E-state index is 0.0563. The van der Waals surface area contributed by atoms with Crippen molar-refractivity contribution >= 4 is 17.0 Å². The molecule has 2 aromatic carbocycles. The zero-order valence-corrected chi connectivity index (χ0v) is 20.1. The van der Waals surface area contributed by atoms with E-state index in [1.54, 1.807) is 21.7 Å². The van der Waals surface area contributed by atoms with Crippen molar-refractivity contribution in [2.75, 3.05) is 20.3 Å². The number of hydrogen-bond donors (Lipinski definition) is 0. The maximum absolute atomic E-state index is 13.1. The van der Waals surface area contributed by atoms with Gasteiger partial charge in [-0.15, -0.1) is 0 Å². The van der Waals surface area contributed by atoms with Crippen LogP contribution in [-0.2, 0) is 11.8 Å². The summed E-state index contributed by atoms with van der Waals surface area (Å²) in [5.41, 5.74) is 3.99. The van der Waals surface area contributed by atoms with E-state index < -0.39 is 6.09 Å². The summed E-state index contributed by atoms with van der Waals surface area (Å²) in [6.45, 7) is 4.79. The zero-order chi connectivity index (χ0) is 24.5. The number of fused-ring (bicyclic) bond motifs is 1. The van der Waals surface area contributed by atoms with Gasteiger partial charge in [0, 0.05) is 35.8 Å². The Morgan fingerprint density at radius 2 is 1.89 bits per heavy atom. The van der Waals surface area contributed by atoms with Crippen molar-refractivity contribution < 1.29 is 19.0 Å². The summed E-state index contributed by atoms with van der Waals surface area (Å²) >= 11 is 0. The topological polar surface area (TPSA) is 91.6 Å². The highest BCUT2D eigenvalue weighted by Gasteiger charge is 2.30. The first-order valence-electron chi connectivity index (χ1n) is 11.5. The minimum Gasteiger partial charge on any atom is -0.493 e. The fourth-order valence-corrected chi connectivity index (χ4v) is 4.30. The largest absolute Gasteiger partial charge is 0.493 e. The lowest BCUT2D eigenvalue weighted by molar-refractivity contribution is -0.0387. The van der Waals surface area contributed by atoms with E-state index in [2.05, 4.69) is 15.1 Å². The quantitative estimate of drug-likeness (QED) is 0.436. The molecule has 0 aliphatic carbocycles. The first kappa shape index (κ1) is 22.8. The number of carbonyl (C=O) groups is 1.